The molecule has 0 aliphatic carbocycles. The zero-order valence-electron chi connectivity index (χ0n) is 14.3. The third-order valence-corrected chi connectivity index (χ3v) is 3.91. The molecule has 0 aliphatic rings. The second-order valence-electron chi connectivity index (χ2n) is 5.50. The van der Waals surface area contributed by atoms with Crippen LogP contribution in [-0.2, 0) is 0 Å². The maximum Gasteiger partial charge on any atom is 0.278 e. The zero-order valence-corrected chi connectivity index (χ0v) is 15.1. The van der Waals surface area contributed by atoms with Gasteiger partial charge in [0.15, 0.2) is 5.69 Å². The number of aryl methyl sites for hydroxylation is 1. The normalized spacial score (nSPS) is 10.5. The van der Waals surface area contributed by atoms with Crippen molar-refractivity contribution in [3.63, 3.8) is 0 Å². The summed E-state index contributed by atoms with van der Waals surface area (Å²) in [6.45, 7) is 1.63. The van der Waals surface area contributed by atoms with Gasteiger partial charge in [-0.25, -0.2) is 0 Å². The number of anilines is 1. The van der Waals surface area contributed by atoms with Crippen LogP contribution in [0.25, 0.3) is 5.69 Å². The van der Waals surface area contributed by atoms with Crippen LogP contribution in [0.15, 0.2) is 42.5 Å². The highest BCUT2D eigenvalue weighted by molar-refractivity contribution is 6.30. The molecule has 0 fully saturated rings. The van der Waals surface area contributed by atoms with Crippen molar-refractivity contribution >= 4 is 28.9 Å². The summed E-state index contributed by atoms with van der Waals surface area (Å²) in [7, 11) is 1.40. The van der Waals surface area contributed by atoms with Crippen LogP contribution in [0, 0.1) is 17.0 Å². The number of hydrogen-bond donors (Lipinski definition) is 1. The number of amides is 1. The molecule has 0 saturated heterocycles. The van der Waals surface area contributed by atoms with Crippen LogP contribution >= 0.6 is 11.6 Å². The van der Waals surface area contributed by atoms with Gasteiger partial charge >= 0.3 is 0 Å². The number of nitro benzene ring substituents is 1. The number of rotatable bonds is 5. The van der Waals surface area contributed by atoms with Crippen LogP contribution in [-0.4, -0.2) is 32.9 Å². The summed E-state index contributed by atoms with van der Waals surface area (Å²) >= 11 is 5.97. The molecule has 0 unspecified atom stereocenters. The van der Waals surface area contributed by atoms with E-state index in [4.69, 9.17) is 16.3 Å². The van der Waals surface area contributed by atoms with Crippen LogP contribution in [0.1, 0.15) is 16.2 Å². The molecule has 2 aromatic carbocycles. The van der Waals surface area contributed by atoms with E-state index in [-0.39, 0.29) is 22.8 Å². The van der Waals surface area contributed by atoms with Gasteiger partial charge in [0, 0.05) is 17.2 Å². The number of halogens is 1. The molecular weight excluding hydrogens is 374 g/mol. The number of aromatic nitrogens is 3. The standard InChI is InChI=1S/C17H14ClN5O4/c1-10-16(21-22(20-10)12-5-3-4-11(18)8-12)17(24)19-14-9-13(23(25)26)6-7-15(14)27-2/h3-9H,1-2H3,(H,19,24). The van der Waals surface area contributed by atoms with E-state index in [9.17, 15) is 14.9 Å². The van der Waals surface area contributed by atoms with Crippen molar-refractivity contribution in [2.45, 2.75) is 6.92 Å². The first-order valence-corrected chi connectivity index (χ1v) is 8.10. The molecular formula is C17H14ClN5O4. The molecule has 0 aliphatic heterocycles. The second kappa shape index (κ2) is 7.42. The van der Waals surface area contributed by atoms with E-state index in [1.807, 2.05) is 0 Å². The summed E-state index contributed by atoms with van der Waals surface area (Å²) in [5.41, 5.74) is 1.04. The highest BCUT2D eigenvalue weighted by Crippen LogP contribution is 2.29. The summed E-state index contributed by atoms with van der Waals surface area (Å²) in [5.74, 6) is -0.284. The Balaban J connectivity index is 1.91. The topological polar surface area (TPSA) is 112 Å². The first-order chi connectivity index (χ1) is 12.9. The molecule has 1 N–H and O–H groups in total. The second-order valence-corrected chi connectivity index (χ2v) is 5.94. The van der Waals surface area contributed by atoms with E-state index in [1.165, 1.54) is 30.1 Å². The van der Waals surface area contributed by atoms with Gasteiger partial charge < -0.3 is 10.1 Å². The van der Waals surface area contributed by atoms with Gasteiger partial charge in [-0.3, -0.25) is 14.9 Å². The Hall–Kier alpha value is -3.46. The molecule has 0 spiro atoms. The minimum absolute atomic E-state index is 0.0727. The maximum atomic E-state index is 12.6. The Bertz CT molecular complexity index is 1030. The fraction of sp³-hybridized carbons (Fsp3) is 0.118. The van der Waals surface area contributed by atoms with E-state index in [2.05, 4.69) is 15.5 Å². The number of non-ortho nitro benzene ring substituents is 1. The number of nitrogens with one attached hydrogen (secondary N) is 1. The largest absolute Gasteiger partial charge is 0.495 e. The molecule has 9 nitrogen and oxygen atoms in total. The molecule has 138 valence electrons. The number of hydrogen-bond acceptors (Lipinski definition) is 6. The van der Waals surface area contributed by atoms with Crippen LogP contribution in [0.5, 0.6) is 5.75 Å². The number of methoxy groups -OCH3 is 1. The van der Waals surface area contributed by atoms with Gasteiger partial charge in [-0.15, -0.1) is 5.10 Å². The van der Waals surface area contributed by atoms with Gasteiger partial charge in [0.05, 0.1) is 29.1 Å². The molecule has 10 heteroatoms. The van der Waals surface area contributed by atoms with Gasteiger partial charge in [-0.1, -0.05) is 17.7 Å². The zero-order chi connectivity index (χ0) is 19.6. The Morgan fingerprint density at radius 2 is 2.04 bits per heavy atom. The summed E-state index contributed by atoms with van der Waals surface area (Å²) in [6, 6.07) is 10.8. The SMILES string of the molecule is COc1ccc([N+](=O)[O-])cc1NC(=O)c1nn(-c2cccc(Cl)c2)nc1C. The average molecular weight is 388 g/mol. The monoisotopic (exact) mass is 387 g/mol. The number of nitro groups is 1. The Labute approximate surface area is 158 Å². The third-order valence-electron chi connectivity index (χ3n) is 3.68. The van der Waals surface area contributed by atoms with Gasteiger partial charge in [-0.05, 0) is 31.2 Å². The number of ether oxygens (including phenoxy) is 1. The lowest BCUT2D eigenvalue weighted by molar-refractivity contribution is -0.384. The van der Waals surface area contributed by atoms with Gasteiger partial charge in [0.25, 0.3) is 11.6 Å². The van der Waals surface area contributed by atoms with E-state index < -0.39 is 10.8 Å². The molecule has 1 heterocycles. The average Bonchev–Trinajstić information content (AvgIpc) is 3.03. The van der Waals surface area contributed by atoms with Crippen molar-refractivity contribution in [3.05, 3.63) is 69.0 Å². The van der Waals surface area contributed by atoms with Crippen molar-refractivity contribution in [1.82, 2.24) is 15.0 Å². The van der Waals surface area contributed by atoms with Crippen molar-refractivity contribution in [3.8, 4) is 11.4 Å². The molecule has 27 heavy (non-hydrogen) atoms. The van der Waals surface area contributed by atoms with E-state index in [0.29, 0.717) is 16.4 Å². The summed E-state index contributed by atoms with van der Waals surface area (Å²) in [5, 5.41) is 22.5. The number of carbonyl (C=O) groups is 1. The predicted octanol–water partition coefficient (Wildman–Crippen LogP) is 3.40. The lowest BCUT2D eigenvalue weighted by atomic mass is 10.2. The first kappa shape index (κ1) is 18.3. The number of benzene rings is 2. The molecule has 0 bridgehead atoms. The van der Waals surface area contributed by atoms with Crippen LogP contribution < -0.4 is 10.1 Å². The molecule has 0 atom stereocenters. The third kappa shape index (κ3) is 3.87. The van der Waals surface area contributed by atoms with Crippen molar-refractivity contribution in [2.75, 3.05) is 12.4 Å². The van der Waals surface area contributed by atoms with Crippen LogP contribution in [0.3, 0.4) is 0 Å². The molecule has 1 aromatic heterocycles. The molecule has 0 radical (unpaired) electrons. The maximum absolute atomic E-state index is 12.6. The Kier molecular flexibility index (Phi) is 5.04. The van der Waals surface area contributed by atoms with Crippen LogP contribution in [0.2, 0.25) is 5.02 Å². The Morgan fingerprint density at radius 3 is 2.70 bits per heavy atom. The molecule has 3 aromatic rings. The minimum atomic E-state index is -0.570. The number of carbonyl (C=O) groups excluding carboxylic acids is 1. The van der Waals surface area contributed by atoms with E-state index in [1.54, 1.807) is 31.2 Å². The van der Waals surface area contributed by atoms with Gasteiger partial charge in [-0.2, -0.15) is 9.90 Å². The summed E-state index contributed by atoms with van der Waals surface area (Å²) < 4.78 is 5.14. The summed E-state index contributed by atoms with van der Waals surface area (Å²) in [4.78, 5) is 24.3. The van der Waals surface area contributed by atoms with E-state index in [0.717, 1.165) is 0 Å². The highest BCUT2D eigenvalue weighted by Gasteiger charge is 2.20. The van der Waals surface area contributed by atoms with Crippen molar-refractivity contribution in [1.29, 1.82) is 0 Å². The van der Waals surface area contributed by atoms with Crippen molar-refractivity contribution in [2.24, 2.45) is 0 Å². The van der Waals surface area contributed by atoms with E-state index >= 15 is 0 Å². The highest BCUT2D eigenvalue weighted by atomic mass is 35.5. The quantitative estimate of drug-likeness (QED) is 0.530. The summed E-state index contributed by atoms with van der Waals surface area (Å²) in [6.07, 6.45) is 0. The lowest BCUT2D eigenvalue weighted by Crippen LogP contribution is -2.15. The predicted molar refractivity (Wildman–Crippen MR) is 98.7 cm³/mol. The lowest BCUT2D eigenvalue weighted by Gasteiger charge is -2.09. The van der Waals surface area contributed by atoms with Gasteiger partial charge in [0.2, 0.25) is 0 Å². The fourth-order valence-electron chi connectivity index (χ4n) is 2.39. The first-order valence-electron chi connectivity index (χ1n) is 7.72. The Morgan fingerprint density at radius 1 is 1.26 bits per heavy atom. The fourth-order valence-corrected chi connectivity index (χ4v) is 2.58. The smallest absolute Gasteiger partial charge is 0.278 e. The van der Waals surface area contributed by atoms with Crippen molar-refractivity contribution < 1.29 is 14.5 Å². The van der Waals surface area contributed by atoms with Gasteiger partial charge in [0.1, 0.15) is 5.75 Å². The molecule has 3 rings (SSSR count). The molecule has 1 amide bonds. The van der Waals surface area contributed by atoms with Crippen LogP contribution in [0.4, 0.5) is 11.4 Å². The molecule has 0 saturated carbocycles. The number of nitrogens with zero attached hydrogens (tertiary/aromatic N) is 4. The minimum Gasteiger partial charge on any atom is -0.495 e.